The van der Waals surface area contributed by atoms with Crippen molar-refractivity contribution in [3.8, 4) is 0 Å². The first-order valence-electron chi connectivity index (χ1n) is 8.02. The van der Waals surface area contributed by atoms with Gasteiger partial charge in [-0.05, 0) is 37.3 Å². The number of likely N-dealkylation sites (tertiary alicyclic amines) is 1. The summed E-state index contributed by atoms with van der Waals surface area (Å²) in [6.07, 6.45) is 3.18. The zero-order chi connectivity index (χ0) is 14.8. The van der Waals surface area contributed by atoms with Crippen LogP contribution in [0.1, 0.15) is 30.9 Å². The highest BCUT2D eigenvalue weighted by molar-refractivity contribution is 5.85. The molecule has 0 aliphatic carbocycles. The number of nitrogens with two attached hydrogens (primary N) is 1. The second kappa shape index (κ2) is 8.88. The van der Waals surface area contributed by atoms with E-state index < -0.39 is 0 Å². The van der Waals surface area contributed by atoms with Gasteiger partial charge in [0.15, 0.2) is 0 Å². The van der Waals surface area contributed by atoms with Crippen LogP contribution < -0.4 is 5.73 Å². The van der Waals surface area contributed by atoms with Gasteiger partial charge in [0.05, 0.1) is 6.04 Å². The van der Waals surface area contributed by atoms with E-state index in [-0.39, 0.29) is 42.8 Å². The van der Waals surface area contributed by atoms with Gasteiger partial charge in [-0.15, -0.1) is 24.8 Å². The summed E-state index contributed by atoms with van der Waals surface area (Å²) in [7, 11) is 0. The quantitative estimate of drug-likeness (QED) is 0.899. The lowest BCUT2D eigenvalue weighted by Crippen LogP contribution is -2.51. The summed E-state index contributed by atoms with van der Waals surface area (Å²) in [5.41, 5.74) is 8.58. The molecule has 0 spiro atoms. The number of halogens is 2. The van der Waals surface area contributed by atoms with Gasteiger partial charge < -0.3 is 10.6 Å². The molecule has 0 radical (unpaired) electrons. The number of carbonyl (C=O) groups is 1. The Labute approximate surface area is 151 Å². The van der Waals surface area contributed by atoms with Crippen molar-refractivity contribution >= 4 is 30.7 Å². The van der Waals surface area contributed by atoms with Gasteiger partial charge in [-0.25, -0.2) is 0 Å². The fourth-order valence-corrected chi connectivity index (χ4v) is 3.62. The number of hydrogen-bond acceptors (Lipinski definition) is 3. The number of nitrogens with zero attached hydrogens (tertiary/aromatic N) is 2. The van der Waals surface area contributed by atoms with Crippen molar-refractivity contribution in [2.24, 2.45) is 5.73 Å². The van der Waals surface area contributed by atoms with Gasteiger partial charge in [0.1, 0.15) is 0 Å². The Morgan fingerprint density at radius 3 is 2.65 bits per heavy atom. The van der Waals surface area contributed by atoms with Crippen molar-refractivity contribution < 1.29 is 4.79 Å². The molecule has 0 saturated carbocycles. The number of benzene rings is 1. The summed E-state index contributed by atoms with van der Waals surface area (Å²) in [5, 5.41) is 0. The molecule has 0 bridgehead atoms. The van der Waals surface area contributed by atoms with E-state index in [0.29, 0.717) is 6.54 Å². The average molecular weight is 360 g/mol. The summed E-state index contributed by atoms with van der Waals surface area (Å²) in [6, 6.07) is 8.75. The minimum Gasteiger partial charge on any atom is -0.337 e. The highest BCUT2D eigenvalue weighted by Crippen LogP contribution is 2.23. The summed E-state index contributed by atoms with van der Waals surface area (Å²) in [4.78, 5) is 17.1. The van der Waals surface area contributed by atoms with Gasteiger partial charge in [0, 0.05) is 32.2 Å². The van der Waals surface area contributed by atoms with E-state index >= 15 is 0 Å². The summed E-state index contributed by atoms with van der Waals surface area (Å²) >= 11 is 0. The Morgan fingerprint density at radius 2 is 1.96 bits per heavy atom. The van der Waals surface area contributed by atoms with Crippen molar-refractivity contribution in [1.29, 1.82) is 0 Å². The van der Waals surface area contributed by atoms with Gasteiger partial charge in [-0.3, -0.25) is 9.69 Å². The molecule has 1 saturated heterocycles. The fraction of sp³-hybridized carbons (Fsp3) is 0.588. The zero-order valence-electron chi connectivity index (χ0n) is 13.6. The van der Waals surface area contributed by atoms with Crippen LogP contribution in [0.15, 0.2) is 24.3 Å². The Kier molecular flexibility index (Phi) is 7.81. The van der Waals surface area contributed by atoms with E-state index in [0.717, 1.165) is 38.9 Å². The molecule has 4 nitrogen and oxygen atoms in total. The predicted molar refractivity (Wildman–Crippen MR) is 98.3 cm³/mol. The lowest BCUT2D eigenvalue weighted by Gasteiger charge is -2.36. The van der Waals surface area contributed by atoms with Crippen molar-refractivity contribution in [3.63, 3.8) is 0 Å². The monoisotopic (exact) mass is 359 g/mol. The molecule has 3 rings (SSSR count). The van der Waals surface area contributed by atoms with Crippen LogP contribution in [0.25, 0.3) is 0 Å². The molecule has 6 heteroatoms. The molecule has 1 aromatic carbocycles. The molecule has 23 heavy (non-hydrogen) atoms. The van der Waals surface area contributed by atoms with E-state index in [2.05, 4.69) is 29.2 Å². The molecule has 2 heterocycles. The highest BCUT2D eigenvalue weighted by Gasteiger charge is 2.33. The first kappa shape index (κ1) is 20.2. The van der Waals surface area contributed by atoms with Gasteiger partial charge in [0.2, 0.25) is 5.91 Å². The summed E-state index contributed by atoms with van der Waals surface area (Å²) < 4.78 is 0. The standard InChI is InChI=1S/C17H25N3O.2ClH/c1-13(17(21)20-9-4-7-16(20)11-18)19-10-8-14-5-2-3-6-15(14)12-19;;/h2-3,5-6,13,16H,4,7-12,18H2,1H3;2*1H. The van der Waals surface area contributed by atoms with Gasteiger partial charge >= 0.3 is 0 Å². The minimum atomic E-state index is -0.0505. The SMILES string of the molecule is CC(C(=O)N1CCCC1CN)N1CCc2ccccc2C1.Cl.Cl. The summed E-state index contributed by atoms with van der Waals surface area (Å²) in [5.74, 6) is 0.252. The van der Waals surface area contributed by atoms with Crippen molar-refractivity contribution in [3.05, 3.63) is 35.4 Å². The normalized spacial score (nSPS) is 21.8. The Balaban J connectivity index is 0.00000132. The molecule has 130 valence electrons. The fourth-order valence-electron chi connectivity index (χ4n) is 3.62. The Bertz CT molecular complexity index is 526. The molecule has 2 aliphatic heterocycles. The third kappa shape index (κ3) is 4.18. The number of hydrogen-bond donors (Lipinski definition) is 1. The van der Waals surface area contributed by atoms with Crippen LogP contribution in [0.4, 0.5) is 0 Å². The zero-order valence-corrected chi connectivity index (χ0v) is 15.2. The molecule has 1 fully saturated rings. The maximum absolute atomic E-state index is 12.8. The van der Waals surface area contributed by atoms with Gasteiger partial charge in [-0.2, -0.15) is 0 Å². The van der Waals surface area contributed by atoms with Gasteiger partial charge in [0.25, 0.3) is 0 Å². The molecule has 2 aliphatic rings. The Morgan fingerprint density at radius 1 is 1.26 bits per heavy atom. The van der Waals surface area contributed by atoms with Crippen LogP contribution in [0, 0.1) is 0 Å². The summed E-state index contributed by atoms with van der Waals surface area (Å²) in [6.45, 7) is 5.34. The smallest absolute Gasteiger partial charge is 0.239 e. The van der Waals surface area contributed by atoms with Crippen LogP contribution >= 0.6 is 24.8 Å². The molecular formula is C17H27Cl2N3O. The second-order valence-corrected chi connectivity index (χ2v) is 6.23. The largest absolute Gasteiger partial charge is 0.337 e. The minimum absolute atomic E-state index is 0. The average Bonchev–Trinajstić information content (AvgIpc) is 3.01. The maximum Gasteiger partial charge on any atom is 0.239 e. The van der Waals surface area contributed by atoms with Crippen LogP contribution in [-0.4, -0.2) is 47.4 Å². The lowest BCUT2D eigenvalue weighted by atomic mass is 9.98. The molecule has 0 aromatic heterocycles. The molecule has 2 atom stereocenters. The molecule has 1 amide bonds. The van der Waals surface area contributed by atoms with E-state index in [1.165, 1.54) is 11.1 Å². The third-order valence-electron chi connectivity index (χ3n) is 5.00. The molecular weight excluding hydrogens is 333 g/mol. The van der Waals surface area contributed by atoms with Crippen molar-refractivity contribution in [1.82, 2.24) is 9.80 Å². The predicted octanol–water partition coefficient (Wildman–Crippen LogP) is 2.23. The second-order valence-electron chi connectivity index (χ2n) is 6.23. The lowest BCUT2D eigenvalue weighted by molar-refractivity contribution is -0.137. The number of amides is 1. The van der Waals surface area contributed by atoms with E-state index in [1.54, 1.807) is 0 Å². The van der Waals surface area contributed by atoms with Crippen LogP contribution in [-0.2, 0) is 17.8 Å². The first-order valence-corrected chi connectivity index (χ1v) is 8.02. The van der Waals surface area contributed by atoms with E-state index in [1.807, 2.05) is 11.8 Å². The van der Waals surface area contributed by atoms with E-state index in [4.69, 9.17) is 5.73 Å². The van der Waals surface area contributed by atoms with Crippen molar-refractivity contribution in [2.75, 3.05) is 19.6 Å². The third-order valence-corrected chi connectivity index (χ3v) is 5.00. The molecule has 2 unspecified atom stereocenters. The topological polar surface area (TPSA) is 49.6 Å². The highest BCUT2D eigenvalue weighted by atomic mass is 35.5. The number of rotatable bonds is 3. The number of fused-ring (bicyclic) bond motifs is 1. The van der Waals surface area contributed by atoms with Crippen LogP contribution in [0.2, 0.25) is 0 Å². The molecule has 2 N–H and O–H groups in total. The van der Waals surface area contributed by atoms with Crippen molar-refractivity contribution in [2.45, 2.75) is 44.8 Å². The van der Waals surface area contributed by atoms with Crippen LogP contribution in [0.5, 0.6) is 0 Å². The first-order chi connectivity index (χ1) is 10.2. The van der Waals surface area contributed by atoms with Crippen LogP contribution in [0.3, 0.4) is 0 Å². The number of carbonyl (C=O) groups excluding carboxylic acids is 1. The van der Waals surface area contributed by atoms with E-state index in [9.17, 15) is 4.79 Å². The molecule has 1 aromatic rings. The van der Waals surface area contributed by atoms with Gasteiger partial charge in [-0.1, -0.05) is 24.3 Å². The Hall–Kier alpha value is -0.810. The maximum atomic E-state index is 12.8.